The van der Waals surface area contributed by atoms with Crippen LogP contribution in [0.2, 0.25) is 5.02 Å². The molecule has 24 heavy (non-hydrogen) atoms. The van der Waals surface area contributed by atoms with Crippen molar-refractivity contribution in [2.75, 3.05) is 6.54 Å². The van der Waals surface area contributed by atoms with Crippen molar-refractivity contribution in [3.8, 4) is 0 Å². The van der Waals surface area contributed by atoms with Crippen LogP contribution in [0.5, 0.6) is 0 Å². The molecule has 0 bridgehead atoms. The van der Waals surface area contributed by atoms with Gasteiger partial charge >= 0.3 is 0 Å². The van der Waals surface area contributed by atoms with E-state index < -0.39 is 10.0 Å². The van der Waals surface area contributed by atoms with Crippen molar-refractivity contribution in [1.82, 2.24) is 10.0 Å². The van der Waals surface area contributed by atoms with Gasteiger partial charge in [0.1, 0.15) is 0 Å². The van der Waals surface area contributed by atoms with Crippen LogP contribution in [-0.2, 0) is 21.4 Å². The van der Waals surface area contributed by atoms with Crippen molar-refractivity contribution < 1.29 is 13.2 Å². The van der Waals surface area contributed by atoms with E-state index in [1.165, 1.54) is 12.1 Å². The highest BCUT2D eigenvalue weighted by Crippen LogP contribution is 2.14. The lowest BCUT2D eigenvalue weighted by atomic mass is 10.2. The Hall–Kier alpha value is -1.41. The number of rotatable bonds is 7. The van der Waals surface area contributed by atoms with Crippen LogP contribution in [-0.4, -0.2) is 20.9 Å². The van der Waals surface area contributed by atoms with Crippen LogP contribution < -0.4 is 10.0 Å². The third-order valence-corrected chi connectivity index (χ3v) is 5.39. The zero-order valence-corrected chi connectivity index (χ0v) is 15.8. The Morgan fingerprint density at radius 2 is 1.83 bits per heavy atom. The first kappa shape index (κ1) is 18.9. The van der Waals surface area contributed by atoms with E-state index in [2.05, 4.69) is 26.0 Å². The lowest BCUT2D eigenvalue weighted by Gasteiger charge is -2.08. The van der Waals surface area contributed by atoms with Crippen LogP contribution in [0.25, 0.3) is 0 Å². The van der Waals surface area contributed by atoms with E-state index in [-0.39, 0.29) is 23.8 Å². The molecule has 8 heteroatoms. The largest absolute Gasteiger partial charge is 0.352 e. The molecule has 0 spiro atoms. The van der Waals surface area contributed by atoms with Gasteiger partial charge in [-0.3, -0.25) is 4.79 Å². The molecule has 0 saturated heterocycles. The highest BCUT2D eigenvalue weighted by atomic mass is 79.9. The van der Waals surface area contributed by atoms with E-state index in [1.807, 2.05) is 6.07 Å². The summed E-state index contributed by atoms with van der Waals surface area (Å²) < 4.78 is 27.3. The molecular weight excluding hydrogens is 416 g/mol. The van der Waals surface area contributed by atoms with Crippen LogP contribution in [0.15, 0.2) is 57.9 Å². The number of amides is 1. The lowest BCUT2D eigenvalue weighted by Crippen LogP contribution is -2.30. The van der Waals surface area contributed by atoms with Crippen LogP contribution in [0.4, 0.5) is 0 Å². The molecule has 0 unspecified atom stereocenters. The van der Waals surface area contributed by atoms with Crippen molar-refractivity contribution in [3.05, 3.63) is 63.6 Å². The summed E-state index contributed by atoms with van der Waals surface area (Å²) in [6, 6.07) is 13.4. The van der Waals surface area contributed by atoms with Gasteiger partial charge < -0.3 is 5.32 Å². The fraction of sp³-hybridized carbons (Fsp3) is 0.188. The minimum Gasteiger partial charge on any atom is -0.352 e. The van der Waals surface area contributed by atoms with Gasteiger partial charge in [-0.25, -0.2) is 13.1 Å². The quantitative estimate of drug-likeness (QED) is 0.707. The molecule has 0 heterocycles. The van der Waals surface area contributed by atoms with Crippen molar-refractivity contribution in [2.24, 2.45) is 0 Å². The second-order valence-electron chi connectivity index (χ2n) is 5.01. The molecule has 0 atom stereocenters. The van der Waals surface area contributed by atoms with E-state index in [0.29, 0.717) is 11.6 Å². The van der Waals surface area contributed by atoms with E-state index in [4.69, 9.17) is 11.6 Å². The van der Waals surface area contributed by atoms with Gasteiger partial charge in [-0.05, 0) is 42.0 Å². The van der Waals surface area contributed by atoms with Crippen LogP contribution in [0, 0.1) is 0 Å². The third-order valence-electron chi connectivity index (χ3n) is 3.15. The van der Waals surface area contributed by atoms with Gasteiger partial charge in [-0.15, -0.1) is 0 Å². The van der Waals surface area contributed by atoms with Crippen LogP contribution in [0.3, 0.4) is 0 Å². The van der Waals surface area contributed by atoms with Gasteiger partial charge in [-0.2, -0.15) is 0 Å². The van der Waals surface area contributed by atoms with Crippen LogP contribution >= 0.6 is 27.5 Å². The molecule has 2 aromatic carbocycles. The van der Waals surface area contributed by atoms with E-state index in [0.717, 1.165) is 10.0 Å². The summed E-state index contributed by atoms with van der Waals surface area (Å²) >= 11 is 9.12. The molecule has 0 fully saturated rings. The van der Waals surface area contributed by atoms with Crippen molar-refractivity contribution >= 4 is 43.5 Å². The number of benzene rings is 2. The van der Waals surface area contributed by atoms with E-state index >= 15 is 0 Å². The number of hydrogen-bond acceptors (Lipinski definition) is 3. The molecule has 2 aromatic rings. The van der Waals surface area contributed by atoms with Crippen molar-refractivity contribution in [1.29, 1.82) is 0 Å². The zero-order chi connectivity index (χ0) is 17.6. The molecule has 5 nitrogen and oxygen atoms in total. The molecule has 1 amide bonds. The summed E-state index contributed by atoms with van der Waals surface area (Å²) in [6.45, 7) is 0.374. The normalized spacial score (nSPS) is 11.2. The average Bonchev–Trinajstić information content (AvgIpc) is 2.53. The van der Waals surface area contributed by atoms with Gasteiger partial charge in [0.05, 0.1) is 4.90 Å². The van der Waals surface area contributed by atoms with Gasteiger partial charge in [0.2, 0.25) is 15.9 Å². The number of hydrogen-bond donors (Lipinski definition) is 2. The molecule has 0 aliphatic carbocycles. The predicted molar refractivity (Wildman–Crippen MR) is 97.2 cm³/mol. The molecular formula is C16H16BrClN2O3S. The number of sulfonamides is 1. The van der Waals surface area contributed by atoms with E-state index in [1.54, 1.807) is 30.3 Å². The Kier molecular flexibility index (Phi) is 6.79. The van der Waals surface area contributed by atoms with Crippen molar-refractivity contribution in [3.63, 3.8) is 0 Å². The Bertz CT molecular complexity index is 810. The second-order valence-corrected chi connectivity index (χ2v) is 8.13. The first-order valence-electron chi connectivity index (χ1n) is 7.13. The molecule has 0 aliphatic heterocycles. The first-order valence-corrected chi connectivity index (χ1v) is 9.78. The molecule has 0 saturated carbocycles. The summed E-state index contributed by atoms with van der Waals surface area (Å²) in [7, 11) is -3.61. The Morgan fingerprint density at radius 3 is 2.50 bits per heavy atom. The SMILES string of the molecule is O=C(CCNS(=O)(=O)c1ccc(Br)cc1)NCc1cccc(Cl)c1. The minimum absolute atomic E-state index is 0.0276. The summed E-state index contributed by atoms with van der Waals surface area (Å²) in [6.07, 6.45) is 0.0519. The summed E-state index contributed by atoms with van der Waals surface area (Å²) in [5.74, 6) is -0.242. The number of carbonyl (C=O) groups is 1. The number of halogens is 2. The lowest BCUT2D eigenvalue weighted by molar-refractivity contribution is -0.121. The molecule has 2 N–H and O–H groups in total. The maximum Gasteiger partial charge on any atom is 0.240 e. The van der Waals surface area contributed by atoms with Crippen molar-refractivity contribution in [2.45, 2.75) is 17.9 Å². The monoisotopic (exact) mass is 430 g/mol. The number of carbonyl (C=O) groups excluding carboxylic acids is 1. The minimum atomic E-state index is -3.61. The molecule has 2 rings (SSSR count). The standard InChI is InChI=1S/C16H16BrClN2O3S/c17-13-4-6-15(7-5-13)24(22,23)20-9-8-16(21)19-11-12-2-1-3-14(18)10-12/h1-7,10,20H,8-9,11H2,(H,19,21). The Balaban J connectivity index is 1.78. The Labute approximate surface area is 154 Å². The topological polar surface area (TPSA) is 75.3 Å². The predicted octanol–water partition coefficient (Wildman–Crippen LogP) is 3.09. The third kappa shape index (κ3) is 5.90. The number of nitrogens with one attached hydrogen (secondary N) is 2. The highest BCUT2D eigenvalue weighted by molar-refractivity contribution is 9.10. The maximum atomic E-state index is 12.1. The molecule has 0 aliphatic rings. The Morgan fingerprint density at radius 1 is 1.12 bits per heavy atom. The van der Waals surface area contributed by atoms with Gasteiger partial charge in [0.15, 0.2) is 0 Å². The highest BCUT2D eigenvalue weighted by Gasteiger charge is 2.13. The summed E-state index contributed by atoms with van der Waals surface area (Å²) in [5, 5.41) is 3.32. The van der Waals surface area contributed by atoms with Gasteiger partial charge in [0.25, 0.3) is 0 Å². The summed E-state index contributed by atoms with van der Waals surface area (Å²) in [4.78, 5) is 11.9. The molecule has 0 aromatic heterocycles. The molecule has 128 valence electrons. The average molecular weight is 432 g/mol. The van der Waals surface area contributed by atoms with E-state index in [9.17, 15) is 13.2 Å². The molecule has 0 radical (unpaired) electrons. The fourth-order valence-corrected chi connectivity index (χ4v) is 3.44. The smallest absolute Gasteiger partial charge is 0.240 e. The van der Waals surface area contributed by atoms with Gasteiger partial charge in [0, 0.05) is 29.0 Å². The summed E-state index contributed by atoms with van der Waals surface area (Å²) in [5.41, 5.74) is 0.881. The fourth-order valence-electron chi connectivity index (χ4n) is 1.93. The first-order chi connectivity index (χ1) is 11.4. The zero-order valence-electron chi connectivity index (χ0n) is 12.6. The van der Waals surface area contributed by atoms with Crippen LogP contribution in [0.1, 0.15) is 12.0 Å². The van der Waals surface area contributed by atoms with Gasteiger partial charge in [-0.1, -0.05) is 39.7 Å². The second kappa shape index (κ2) is 8.62. The maximum absolute atomic E-state index is 12.1.